The van der Waals surface area contributed by atoms with Crippen LogP contribution in [0.2, 0.25) is 0 Å². The average Bonchev–Trinajstić information content (AvgIpc) is 2.71. The number of ether oxygens (including phenoxy) is 3. The molecule has 7 heteroatoms. The van der Waals surface area contributed by atoms with Crippen molar-refractivity contribution in [1.82, 2.24) is 15.5 Å². The van der Waals surface area contributed by atoms with E-state index in [0.717, 1.165) is 63.3 Å². The average molecular weight is 379 g/mol. The molecule has 0 spiro atoms. The summed E-state index contributed by atoms with van der Waals surface area (Å²) in [4.78, 5) is 6.77. The van der Waals surface area contributed by atoms with Crippen LogP contribution in [-0.2, 0) is 4.74 Å². The molecular weight excluding hydrogens is 344 g/mol. The van der Waals surface area contributed by atoms with E-state index in [1.165, 1.54) is 0 Å². The van der Waals surface area contributed by atoms with Crippen molar-refractivity contribution in [3.8, 4) is 11.5 Å². The summed E-state index contributed by atoms with van der Waals surface area (Å²) in [7, 11) is 3.45. The van der Waals surface area contributed by atoms with Gasteiger partial charge < -0.3 is 24.8 Å². The molecule has 1 aromatic rings. The summed E-state index contributed by atoms with van der Waals surface area (Å²) in [6.45, 7) is 10.3. The zero-order valence-corrected chi connectivity index (χ0v) is 17.1. The van der Waals surface area contributed by atoms with Crippen molar-refractivity contribution >= 4 is 5.96 Å². The highest BCUT2D eigenvalue weighted by molar-refractivity contribution is 5.79. The number of nitrogens with one attached hydrogen (secondary N) is 2. The molecule has 0 aliphatic carbocycles. The SMILES string of the molecule is CN=C(NCCCOc1cccc(OC)c1)NCC(C)(C)N1CCOCC1. The van der Waals surface area contributed by atoms with Crippen LogP contribution in [0.1, 0.15) is 20.3 Å². The molecule has 27 heavy (non-hydrogen) atoms. The standard InChI is InChI=1S/C20H34N4O3/c1-20(2,24-10-13-26-14-11-24)16-23-19(21-3)22-9-6-12-27-18-8-5-7-17(15-18)25-4/h5,7-8,15H,6,9-14,16H2,1-4H3,(H2,21,22,23). The van der Waals surface area contributed by atoms with E-state index >= 15 is 0 Å². The highest BCUT2D eigenvalue weighted by atomic mass is 16.5. The molecular formula is C20H34N4O3. The van der Waals surface area contributed by atoms with Crippen molar-refractivity contribution < 1.29 is 14.2 Å². The highest BCUT2D eigenvalue weighted by Crippen LogP contribution is 2.18. The summed E-state index contributed by atoms with van der Waals surface area (Å²) in [5.74, 6) is 2.44. The second-order valence-electron chi connectivity index (χ2n) is 7.15. The third-order valence-electron chi connectivity index (χ3n) is 4.70. The van der Waals surface area contributed by atoms with Gasteiger partial charge in [0.2, 0.25) is 0 Å². The Balaban J connectivity index is 1.64. The fraction of sp³-hybridized carbons (Fsp3) is 0.650. The molecule has 0 saturated carbocycles. The molecule has 1 heterocycles. The lowest BCUT2D eigenvalue weighted by atomic mass is 10.0. The van der Waals surface area contributed by atoms with E-state index in [-0.39, 0.29) is 5.54 Å². The third kappa shape index (κ3) is 7.27. The minimum Gasteiger partial charge on any atom is -0.497 e. The molecule has 0 amide bonds. The molecule has 1 aliphatic rings. The van der Waals surface area contributed by atoms with Gasteiger partial charge in [0.05, 0.1) is 26.9 Å². The van der Waals surface area contributed by atoms with Gasteiger partial charge in [0.25, 0.3) is 0 Å². The van der Waals surface area contributed by atoms with Crippen LogP contribution in [0.3, 0.4) is 0 Å². The van der Waals surface area contributed by atoms with Crippen LogP contribution < -0.4 is 20.1 Å². The van der Waals surface area contributed by atoms with E-state index in [1.54, 1.807) is 14.2 Å². The van der Waals surface area contributed by atoms with E-state index in [9.17, 15) is 0 Å². The topological polar surface area (TPSA) is 67.4 Å². The fourth-order valence-electron chi connectivity index (χ4n) is 2.96. The number of rotatable bonds is 9. The van der Waals surface area contributed by atoms with Crippen molar-refractivity contribution in [3.05, 3.63) is 24.3 Å². The van der Waals surface area contributed by atoms with Gasteiger partial charge in [-0.05, 0) is 32.4 Å². The first kappa shape index (κ1) is 21.3. The maximum Gasteiger partial charge on any atom is 0.191 e. The summed E-state index contributed by atoms with van der Waals surface area (Å²) in [6.07, 6.45) is 0.880. The molecule has 152 valence electrons. The van der Waals surface area contributed by atoms with E-state index in [4.69, 9.17) is 14.2 Å². The van der Waals surface area contributed by atoms with Gasteiger partial charge in [-0.3, -0.25) is 9.89 Å². The highest BCUT2D eigenvalue weighted by Gasteiger charge is 2.28. The van der Waals surface area contributed by atoms with Gasteiger partial charge in [-0.25, -0.2) is 0 Å². The Morgan fingerprint density at radius 2 is 1.96 bits per heavy atom. The van der Waals surface area contributed by atoms with Crippen molar-refractivity contribution in [2.24, 2.45) is 4.99 Å². The largest absolute Gasteiger partial charge is 0.497 e. The Bertz CT molecular complexity index is 586. The number of nitrogens with zero attached hydrogens (tertiary/aromatic N) is 2. The Hall–Kier alpha value is -1.99. The molecule has 1 aliphatic heterocycles. The van der Waals surface area contributed by atoms with Gasteiger partial charge in [-0.1, -0.05) is 6.07 Å². The Kier molecular flexibility index (Phi) is 8.67. The maximum absolute atomic E-state index is 5.76. The van der Waals surface area contributed by atoms with Gasteiger partial charge in [0, 0.05) is 44.8 Å². The molecule has 2 N–H and O–H groups in total. The monoisotopic (exact) mass is 378 g/mol. The van der Waals surface area contributed by atoms with Crippen molar-refractivity contribution in [2.75, 3.05) is 60.2 Å². The molecule has 0 aromatic heterocycles. The lowest BCUT2D eigenvalue weighted by Gasteiger charge is -2.41. The maximum atomic E-state index is 5.76. The quantitative estimate of drug-likeness (QED) is 0.388. The molecule has 0 atom stereocenters. The zero-order valence-electron chi connectivity index (χ0n) is 17.1. The zero-order chi connectivity index (χ0) is 19.5. The van der Waals surface area contributed by atoms with Crippen LogP contribution in [0.25, 0.3) is 0 Å². The Morgan fingerprint density at radius 1 is 1.22 bits per heavy atom. The number of methoxy groups -OCH3 is 1. The molecule has 0 unspecified atom stereocenters. The van der Waals surface area contributed by atoms with Crippen LogP contribution >= 0.6 is 0 Å². The number of benzene rings is 1. The van der Waals surface area contributed by atoms with Crippen LogP contribution in [0, 0.1) is 0 Å². The number of guanidine groups is 1. The summed E-state index contributed by atoms with van der Waals surface area (Å²) in [5, 5.41) is 6.77. The fourth-order valence-corrected chi connectivity index (χ4v) is 2.96. The first-order valence-corrected chi connectivity index (χ1v) is 9.59. The van der Waals surface area contributed by atoms with E-state index in [2.05, 4.69) is 34.4 Å². The summed E-state index contributed by atoms with van der Waals surface area (Å²) in [5.41, 5.74) is 0.0525. The predicted octanol–water partition coefficient (Wildman–Crippen LogP) is 1.74. The predicted molar refractivity (Wildman–Crippen MR) is 109 cm³/mol. The smallest absolute Gasteiger partial charge is 0.191 e. The molecule has 0 bridgehead atoms. The summed E-state index contributed by atoms with van der Waals surface area (Å²) >= 11 is 0. The Labute approximate surface area is 163 Å². The van der Waals surface area contributed by atoms with Gasteiger partial charge in [-0.2, -0.15) is 0 Å². The molecule has 7 nitrogen and oxygen atoms in total. The summed E-state index contributed by atoms with van der Waals surface area (Å²) in [6, 6.07) is 7.66. The molecule has 1 saturated heterocycles. The minimum absolute atomic E-state index is 0.0525. The third-order valence-corrected chi connectivity index (χ3v) is 4.70. The second kappa shape index (κ2) is 11.0. The van der Waals surface area contributed by atoms with Crippen LogP contribution in [0.15, 0.2) is 29.3 Å². The number of morpholine rings is 1. The van der Waals surface area contributed by atoms with E-state index in [0.29, 0.717) is 6.61 Å². The van der Waals surface area contributed by atoms with Gasteiger partial charge in [0.1, 0.15) is 11.5 Å². The summed E-state index contributed by atoms with van der Waals surface area (Å²) < 4.78 is 16.4. The van der Waals surface area contributed by atoms with Gasteiger partial charge in [-0.15, -0.1) is 0 Å². The van der Waals surface area contributed by atoms with Crippen molar-refractivity contribution in [3.63, 3.8) is 0 Å². The lowest BCUT2D eigenvalue weighted by Crippen LogP contribution is -2.56. The number of hydrogen-bond acceptors (Lipinski definition) is 5. The van der Waals surface area contributed by atoms with Crippen LogP contribution in [0.4, 0.5) is 0 Å². The molecule has 1 aromatic carbocycles. The number of hydrogen-bond donors (Lipinski definition) is 2. The lowest BCUT2D eigenvalue weighted by molar-refractivity contribution is -0.00833. The van der Waals surface area contributed by atoms with Crippen LogP contribution in [-0.4, -0.2) is 76.6 Å². The van der Waals surface area contributed by atoms with Gasteiger partial charge >= 0.3 is 0 Å². The second-order valence-corrected chi connectivity index (χ2v) is 7.15. The molecule has 0 radical (unpaired) electrons. The molecule has 2 rings (SSSR count). The Morgan fingerprint density at radius 3 is 2.67 bits per heavy atom. The van der Waals surface area contributed by atoms with Crippen molar-refractivity contribution in [1.29, 1.82) is 0 Å². The molecule has 1 fully saturated rings. The van der Waals surface area contributed by atoms with Gasteiger partial charge in [0.15, 0.2) is 5.96 Å². The van der Waals surface area contributed by atoms with E-state index in [1.807, 2.05) is 24.3 Å². The van der Waals surface area contributed by atoms with E-state index < -0.39 is 0 Å². The normalized spacial score (nSPS) is 16.1. The first-order valence-electron chi connectivity index (χ1n) is 9.59. The van der Waals surface area contributed by atoms with Crippen LogP contribution in [0.5, 0.6) is 11.5 Å². The first-order chi connectivity index (χ1) is 13.0. The van der Waals surface area contributed by atoms with Crippen molar-refractivity contribution in [2.45, 2.75) is 25.8 Å². The number of aliphatic imine (C=N–C) groups is 1. The minimum atomic E-state index is 0.0525.